The molecule has 1 spiro atoms. The highest BCUT2D eigenvalue weighted by molar-refractivity contribution is 6.35. The summed E-state index contributed by atoms with van der Waals surface area (Å²) in [6.45, 7) is 4.91. The fourth-order valence-corrected chi connectivity index (χ4v) is 3.94. The van der Waals surface area contributed by atoms with Crippen LogP contribution in [0.2, 0.25) is 10.0 Å². The molecule has 0 atom stereocenters. The third kappa shape index (κ3) is 3.88. The molecule has 0 radical (unpaired) electrons. The Morgan fingerprint density at radius 2 is 1.65 bits per heavy atom. The van der Waals surface area contributed by atoms with Gasteiger partial charge in [0.2, 0.25) is 0 Å². The minimum absolute atomic E-state index is 0.392. The zero-order chi connectivity index (χ0) is 18.1. The number of benzene rings is 1. The first-order valence-electron chi connectivity index (χ1n) is 8.63. The van der Waals surface area contributed by atoms with Crippen molar-refractivity contribution in [1.82, 2.24) is 9.97 Å². The van der Waals surface area contributed by atoms with Crippen molar-refractivity contribution in [3.05, 3.63) is 40.1 Å². The first-order chi connectivity index (χ1) is 12.5. The van der Waals surface area contributed by atoms with Crippen LogP contribution in [-0.2, 0) is 9.47 Å². The van der Waals surface area contributed by atoms with Crippen molar-refractivity contribution in [3.8, 4) is 0 Å². The number of ether oxygens (including phenoxy) is 2. The van der Waals surface area contributed by atoms with Crippen molar-refractivity contribution < 1.29 is 9.47 Å². The number of piperidine rings is 1. The maximum absolute atomic E-state index is 6.07. The monoisotopic (exact) mass is 394 g/mol. The van der Waals surface area contributed by atoms with E-state index in [9.17, 15) is 0 Å². The molecule has 2 fully saturated rings. The Bertz CT molecular complexity index is 782. The predicted octanol–water partition coefficient (Wildman–Crippen LogP) is 4.18. The smallest absolute Gasteiger partial charge is 0.171 e. The maximum Gasteiger partial charge on any atom is 0.171 e. The molecule has 0 amide bonds. The van der Waals surface area contributed by atoms with Crippen molar-refractivity contribution in [2.75, 3.05) is 36.5 Å². The van der Waals surface area contributed by atoms with Crippen LogP contribution in [0.4, 0.5) is 17.3 Å². The lowest BCUT2D eigenvalue weighted by molar-refractivity contribution is -0.169. The molecule has 138 valence electrons. The molecule has 0 saturated carbocycles. The quantitative estimate of drug-likeness (QED) is 0.842. The molecule has 3 heterocycles. The average Bonchev–Trinajstić information content (AvgIpc) is 3.02. The van der Waals surface area contributed by atoms with E-state index in [4.69, 9.17) is 32.7 Å². The molecule has 0 aliphatic carbocycles. The van der Waals surface area contributed by atoms with E-state index in [0.717, 1.165) is 37.4 Å². The number of hydrogen-bond donors (Lipinski definition) is 1. The van der Waals surface area contributed by atoms with Crippen LogP contribution < -0.4 is 10.2 Å². The van der Waals surface area contributed by atoms with E-state index in [1.165, 1.54) is 0 Å². The second-order valence-electron chi connectivity index (χ2n) is 6.54. The summed E-state index contributed by atoms with van der Waals surface area (Å²) in [7, 11) is 0. The summed E-state index contributed by atoms with van der Waals surface area (Å²) < 4.78 is 11.6. The lowest BCUT2D eigenvalue weighted by Crippen LogP contribution is -2.45. The molecule has 1 N–H and O–H groups in total. The van der Waals surface area contributed by atoms with Crippen LogP contribution in [0.25, 0.3) is 0 Å². The number of nitrogens with zero attached hydrogens (tertiary/aromatic N) is 3. The minimum atomic E-state index is -0.392. The highest BCUT2D eigenvalue weighted by atomic mass is 35.5. The minimum Gasteiger partial charge on any atom is -0.356 e. The van der Waals surface area contributed by atoms with Crippen molar-refractivity contribution in [2.45, 2.75) is 25.6 Å². The Hall–Kier alpha value is -1.60. The largest absolute Gasteiger partial charge is 0.356 e. The average molecular weight is 395 g/mol. The molecule has 6 nitrogen and oxygen atoms in total. The SMILES string of the molecule is Cc1nc(Nc2cc(Cl)cc(Cl)c2)cc(N2CCC3(CC2)OCCO3)n1. The molecule has 2 aliphatic heterocycles. The number of aromatic nitrogens is 2. The van der Waals surface area contributed by atoms with Crippen LogP contribution in [-0.4, -0.2) is 42.1 Å². The van der Waals surface area contributed by atoms with Crippen LogP contribution in [0.3, 0.4) is 0 Å². The number of nitrogens with one attached hydrogen (secondary N) is 1. The van der Waals surface area contributed by atoms with Gasteiger partial charge in [-0.25, -0.2) is 9.97 Å². The third-order valence-corrected chi connectivity index (χ3v) is 5.06. The second-order valence-corrected chi connectivity index (χ2v) is 7.41. The first kappa shape index (κ1) is 17.8. The Morgan fingerprint density at radius 1 is 1.00 bits per heavy atom. The van der Waals surface area contributed by atoms with E-state index < -0.39 is 5.79 Å². The molecule has 1 aromatic carbocycles. The van der Waals surface area contributed by atoms with Crippen LogP contribution in [0.5, 0.6) is 0 Å². The third-order valence-electron chi connectivity index (χ3n) is 4.62. The summed E-state index contributed by atoms with van der Waals surface area (Å²) in [5.74, 6) is 1.91. The molecule has 2 saturated heterocycles. The summed E-state index contributed by atoms with van der Waals surface area (Å²) >= 11 is 12.1. The molecule has 2 aliphatic rings. The van der Waals surface area contributed by atoms with Crippen molar-refractivity contribution in [1.29, 1.82) is 0 Å². The molecule has 8 heteroatoms. The van der Waals surface area contributed by atoms with E-state index in [1.54, 1.807) is 6.07 Å². The van der Waals surface area contributed by atoms with Gasteiger partial charge in [0.15, 0.2) is 5.79 Å². The number of aryl methyl sites for hydroxylation is 1. The summed E-state index contributed by atoms with van der Waals surface area (Å²) in [5, 5.41) is 4.40. The standard InChI is InChI=1S/C18H20Cl2N4O2/c1-12-21-16(23-15-9-13(19)8-14(20)10-15)11-17(22-12)24-4-2-18(3-5-24)25-6-7-26-18/h8-11H,2-7H2,1H3,(H,21,22,23). The van der Waals surface area contributed by atoms with Gasteiger partial charge in [0.05, 0.1) is 13.2 Å². The summed E-state index contributed by atoms with van der Waals surface area (Å²) in [6, 6.07) is 7.26. The van der Waals surface area contributed by atoms with Crippen molar-refractivity contribution in [2.24, 2.45) is 0 Å². The predicted molar refractivity (Wildman–Crippen MR) is 103 cm³/mol. The van der Waals surface area contributed by atoms with Gasteiger partial charge in [0.1, 0.15) is 17.5 Å². The number of anilines is 3. The summed E-state index contributed by atoms with van der Waals surface area (Å²) in [5.41, 5.74) is 0.789. The lowest BCUT2D eigenvalue weighted by atomic mass is 10.0. The first-order valence-corrected chi connectivity index (χ1v) is 9.39. The van der Waals surface area contributed by atoms with Crippen molar-refractivity contribution in [3.63, 3.8) is 0 Å². The molecular weight excluding hydrogens is 375 g/mol. The molecule has 26 heavy (non-hydrogen) atoms. The molecule has 1 aromatic heterocycles. The zero-order valence-corrected chi connectivity index (χ0v) is 16.0. The van der Waals surface area contributed by atoms with Gasteiger partial charge < -0.3 is 19.7 Å². The van der Waals surface area contributed by atoms with Crippen LogP contribution in [0.1, 0.15) is 18.7 Å². The second kappa shape index (κ2) is 7.19. The van der Waals surface area contributed by atoms with Gasteiger partial charge >= 0.3 is 0 Å². The number of halogens is 2. The van der Waals surface area contributed by atoms with E-state index in [0.29, 0.717) is 34.9 Å². The Labute approximate surface area is 162 Å². The number of hydrogen-bond acceptors (Lipinski definition) is 6. The summed E-state index contributed by atoms with van der Waals surface area (Å²) in [6.07, 6.45) is 1.67. The van der Waals surface area contributed by atoms with Gasteiger partial charge in [-0.15, -0.1) is 0 Å². The Balaban J connectivity index is 1.51. The summed E-state index contributed by atoms with van der Waals surface area (Å²) in [4.78, 5) is 11.3. The normalized spacial score (nSPS) is 19.1. The van der Waals surface area contributed by atoms with Gasteiger partial charge in [-0.3, -0.25) is 0 Å². The fraction of sp³-hybridized carbons (Fsp3) is 0.444. The van der Waals surface area contributed by atoms with Gasteiger partial charge in [0, 0.05) is 47.7 Å². The maximum atomic E-state index is 6.07. The van der Waals surface area contributed by atoms with E-state index in [2.05, 4.69) is 20.2 Å². The van der Waals surface area contributed by atoms with Gasteiger partial charge in [0.25, 0.3) is 0 Å². The van der Waals surface area contributed by atoms with Crippen LogP contribution in [0, 0.1) is 6.92 Å². The fourth-order valence-electron chi connectivity index (χ4n) is 3.41. The number of rotatable bonds is 3. The highest BCUT2D eigenvalue weighted by Gasteiger charge is 2.40. The van der Waals surface area contributed by atoms with Gasteiger partial charge in [-0.05, 0) is 25.1 Å². The Kier molecular flexibility index (Phi) is 4.92. The molecule has 2 aromatic rings. The molecule has 0 bridgehead atoms. The zero-order valence-electron chi connectivity index (χ0n) is 14.5. The van der Waals surface area contributed by atoms with E-state index in [-0.39, 0.29) is 0 Å². The van der Waals surface area contributed by atoms with Crippen LogP contribution >= 0.6 is 23.2 Å². The van der Waals surface area contributed by atoms with Crippen molar-refractivity contribution >= 4 is 40.5 Å². The topological polar surface area (TPSA) is 59.5 Å². The lowest BCUT2D eigenvalue weighted by Gasteiger charge is -2.38. The molecule has 4 rings (SSSR count). The van der Waals surface area contributed by atoms with Gasteiger partial charge in [-0.1, -0.05) is 23.2 Å². The van der Waals surface area contributed by atoms with E-state index >= 15 is 0 Å². The molecular formula is C18H20Cl2N4O2. The van der Waals surface area contributed by atoms with Crippen LogP contribution in [0.15, 0.2) is 24.3 Å². The molecule has 0 unspecified atom stereocenters. The van der Waals surface area contributed by atoms with E-state index in [1.807, 2.05) is 25.1 Å². The highest BCUT2D eigenvalue weighted by Crippen LogP contribution is 2.33. The van der Waals surface area contributed by atoms with Gasteiger partial charge in [-0.2, -0.15) is 0 Å². The Morgan fingerprint density at radius 3 is 2.31 bits per heavy atom.